The Morgan fingerprint density at radius 2 is 0.750 bits per heavy atom. The van der Waals surface area contributed by atoms with E-state index in [0.29, 0.717) is 0 Å². The quantitative estimate of drug-likeness (QED) is 0.155. The van der Waals surface area contributed by atoms with Crippen LogP contribution in [0.5, 0.6) is 0 Å². The molecule has 0 radical (unpaired) electrons. The zero-order chi connectivity index (χ0) is 42.8. The molecule has 64 heavy (non-hydrogen) atoms. The van der Waals surface area contributed by atoms with Crippen molar-refractivity contribution in [3.8, 4) is 66.8 Å². The van der Waals surface area contributed by atoms with Gasteiger partial charge < -0.3 is 4.90 Å². The SMILES string of the molecule is CC1(C)c2ccccc2-c2cccc(-c3ccccc3-c3ccc(N(c4ccc(-c5ccc(-c6ccccc6)cc5)cc4)c4ccc5c(c4)C4(CCCCC4)c4ccccc4-5)cc3)c21. The second-order valence-corrected chi connectivity index (χ2v) is 18.7. The van der Waals surface area contributed by atoms with Crippen LogP contribution in [0.3, 0.4) is 0 Å². The van der Waals surface area contributed by atoms with Crippen LogP contribution in [0.4, 0.5) is 17.1 Å². The fourth-order valence-corrected chi connectivity index (χ4v) is 11.8. The Hall–Kier alpha value is -7.22. The summed E-state index contributed by atoms with van der Waals surface area (Å²) in [6, 6.07) is 79.4. The first-order valence-corrected chi connectivity index (χ1v) is 23.2. The highest BCUT2D eigenvalue weighted by Crippen LogP contribution is 2.57. The summed E-state index contributed by atoms with van der Waals surface area (Å²) in [5, 5.41) is 0. The molecule has 3 aliphatic rings. The first kappa shape index (κ1) is 38.5. The lowest BCUT2D eigenvalue weighted by Crippen LogP contribution is -2.28. The smallest absolute Gasteiger partial charge is 0.0465 e. The highest BCUT2D eigenvalue weighted by molar-refractivity contribution is 5.93. The third-order valence-electron chi connectivity index (χ3n) is 14.9. The molecule has 0 aliphatic heterocycles. The van der Waals surface area contributed by atoms with Gasteiger partial charge in [0, 0.05) is 27.9 Å². The zero-order valence-electron chi connectivity index (χ0n) is 36.7. The van der Waals surface area contributed by atoms with Crippen molar-refractivity contribution < 1.29 is 0 Å². The Balaban J connectivity index is 0.949. The fourth-order valence-electron chi connectivity index (χ4n) is 11.8. The van der Waals surface area contributed by atoms with Crippen LogP contribution >= 0.6 is 0 Å². The summed E-state index contributed by atoms with van der Waals surface area (Å²) in [5.74, 6) is 0. The number of fused-ring (bicyclic) bond motifs is 8. The van der Waals surface area contributed by atoms with Gasteiger partial charge >= 0.3 is 0 Å². The molecule has 0 heterocycles. The molecule has 12 rings (SSSR count). The van der Waals surface area contributed by atoms with Crippen molar-refractivity contribution >= 4 is 17.1 Å². The normalized spacial score (nSPS) is 15.0. The molecule has 1 spiro atoms. The minimum atomic E-state index is -0.103. The average Bonchev–Trinajstić information content (AvgIpc) is 3.76. The Morgan fingerprint density at radius 1 is 0.312 bits per heavy atom. The van der Waals surface area contributed by atoms with Crippen LogP contribution in [0.2, 0.25) is 0 Å². The number of nitrogens with zero attached hydrogens (tertiary/aromatic N) is 1. The summed E-state index contributed by atoms with van der Waals surface area (Å²) in [4.78, 5) is 2.47. The highest BCUT2D eigenvalue weighted by Gasteiger charge is 2.44. The predicted molar refractivity (Wildman–Crippen MR) is 270 cm³/mol. The Labute approximate surface area is 378 Å². The standard InChI is InChI=1S/C63H51N/c1-62(2)58-24-11-9-21-54(58)57-23-15-22-56(61(57)62)52-19-8-7-18-51(52)47-32-36-49(37-33-47)64(48-34-30-46(31-35-48)45-28-26-44(27-29-45)43-16-5-3-6-17-43)50-38-39-55-53-20-10-12-25-59(53)63(60(55)42-50)40-13-4-14-41-63/h3,5-12,15-39,42H,4,13-14,40-41H2,1-2H3. The summed E-state index contributed by atoms with van der Waals surface area (Å²) >= 11 is 0. The largest absolute Gasteiger partial charge is 0.310 e. The maximum atomic E-state index is 2.54. The van der Waals surface area contributed by atoms with E-state index in [1.807, 2.05) is 0 Å². The van der Waals surface area contributed by atoms with Crippen molar-refractivity contribution in [2.45, 2.75) is 56.8 Å². The minimum Gasteiger partial charge on any atom is -0.310 e. The molecule has 3 aliphatic carbocycles. The minimum absolute atomic E-state index is 0.0722. The van der Waals surface area contributed by atoms with Gasteiger partial charge in [0.15, 0.2) is 0 Å². The molecule has 308 valence electrons. The van der Waals surface area contributed by atoms with Crippen LogP contribution in [0.25, 0.3) is 66.8 Å². The fraction of sp³-hybridized carbons (Fsp3) is 0.143. The molecule has 9 aromatic rings. The van der Waals surface area contributed by atoms with Gasteiger partial charge in [-0.25, -0.2) is 0 Å². The molecular formula is C63H51N. The van der Waals surface area contributed by atoms with Gasteiger partial charge in [0.1, 0.15) is 0 Å². The van der Waals surface area contributed by atoms with Crippen LogP contribution in [0.15, 0.2) is 212 Å². The number of benzene rings is 9. The molecule has 0 atom stereocenters. The van der Waals surface area contributed by atoms with Gasteiger partial charge in [-0.1, -0.05) is 209 Å². The van der Waals surface area contributed by atoms with Crippen molar-refractivity contribution in [1.82, 2.24) is 0 Å². The first-order chi connectivity index (χ1) is 31.5. The van der Waals surface area contributed by atoms with E-state index >= 15 is 0 Å². The molecule has 1 fully saturated rings. The maximum absolute atomic E-state index is 2.54. The molecule has 0 unspecified atom stereocenters. The third-order valence-corrected chi connectivity index (χ3v) is 14.9. The second kappa shape index (κ2) is 15.2. The molecule has 9 aromatic carbocycles. The van der Waals surface area contributed by atoms with Crippen molar-refractivity contribution in [2.75, 3.05) is 4.90 Å². The Bertz CT molecular complexity index is 3180. The summed E-state index contributed by atoms with van der Waals surface area (Å²) in [6.45, 7) is 4.77. The topological polar surface area (TPSA) is 3.24 Å². The lowest BCUT2D eigenvalue weighted by Gasteiger charge is -2.36. The molecule has 1 nitrogen and oxygen atoms in total. The molecule has 1 heteroatoms. The Morgan fingerprint density at radius 3 is 1.39 bits per heavy atom. The molecule has 0 aromatic heterocycles. The number of hydrogen-bond donors (Lipinski definition) is 0. The zero-order valence-corrected chi connectivity index (χ0v) is 36.7. The average molecular weight is 822 g/mol. The second-order valence-electron chi connectivity index (χ2n) is 18.7. The van der Waals surface area contributed by atoms with Gasteiger partial charge in [-0.2, -0.15) is 0 Å². The number of rotatable bonds is 7. The molecule has 0 bridgehead atoms. The van der Waals surface area contributed by atoms with E-state index in [2.05, 4.69) is 231 Å². The van der Waals surface area contributed by atoms with Crippen molar-refractivity contribution in [3.63, 3.8) is 0 Å². The highest BCUT2D eigenvalue weighted by atomic mass is 15.1. The third kappa shape index (κ3) is 6.13. The summed E-state index contributed by atoms with van der Waals surface area (Å²) in [5.41, 5.74) is 24.8. The van der Waals surface area contributed by atoms with E-state index in [4.69, 9.17) is 0 Å². The van der Waals surface area contributed by atoms with Gasteiger partial charge in [-0.3, -0.25) is 0 Å². The van der Waals surface area contributed by atoms with Crippen LogP contribution in [0, 0.1) is 0 Å². The van der Waals surface area contributed by atoms with E-state index in [1.54, 1.807) is 0 Å². The van der Waals surface area contributed by atoms with Crippen molar-refractivity contribution in [1.29, 1.82) is 0 Å². The van der Waals surface area contributed by atoms with Crippen molar-refractivity contribution in [3.05, 3.63) is 235 Å². The first-order valence-electron chi connectivity index (χ1n) is 23.2. The van der Waals surface area contributed by atoms with Gasteiger partial charge in [0.25, 0.3) is 0 Å². The summed E-state index contributed by atoms with van der Waals surface area (Å²) < 4.78 is 0. The molecular weight excluding hydrogens is 771 g/mol. The van der Waals surface area contributed by atoms with Gasteiger partial charge in [-0.15, -0.1) is 0 Å². The molecule has 1 saturated carbocycles. The van der Waals surface area contributed by atoms with Gasteiger partial charge in [-0.05, 0) is 138 Å². The Kier molecular flexibility index (Phi) is 9.16. The summed E-state index contributed by atoms with van der Waals surface area (Å²) in [7, 11) is 0. The molecule has 0 N–H and O–H groups in total. The van der Waals surface area contributed by atoms with E-state index in [1.165, 1.54) is 127 Å². The number of anilines is 3. The van der Waals surface area contributed by atoms with Crippen LogP contribution in [-0.2, 0) is 10.8 Å². The lowest BCUT2D eigenvalue weighted by atomic mass is 9.68. The van der Waals surface area contributed by atoms with E-state index in [9.17, 15) is 0 Å². The van der Waals surface area contributed by atoms with E-state index < -0.39 is 0 Å². The lowest BCUT2D eigenvalue weighted by molar-refractivity contribution is 0.353. The monoisotopic (exact) mass is 821 g/mol. The van der Waals surface area contributed by atoms with Gasteiger partial charge in [0.05, 0.1) is 0 Å². The van der Waals surface area contributed by atoms with Gasteiger partial charge in [0.2, 0.25) is 0 Å². The summed E-state index contributed by atoms with van der Waals surface area (Å²) in [6.07, 6.45) is 6.28. The molecule has 0 amide bonds. The van der Waals surface area contributed by atoms with Crippen LogP contribution < -0.4 is 4.90 Å². The van der Waals surface area contributed by atoms with E-state index in [-0.39, 0.29) is 10.8 Å². The van der Waals surface area contributed by atoms with Crippen LogP contribution in [0.1, 0.15) is 68.2 Å². The van der Waals surface area contributed by atoms with E-state index in [0.717, 1.165) is 11.4 Å². The van der Waals surface area contributed by atoms with Crippen LogP contribution in [-0.4, -0.2) is 0 Å². The maximum Gasteiger partial charge on any atom is 0.0465 e. The molecule has 0 saturated heterocycles. The predicted octanol–water partition coefficient (Wildman–Crippen LogP) is 17.4. The van der Waals surface area contributed by atoms with Crippen molar-refractivity contribution in [2.24, 2.45) is 0 Å². The number of hydrogen-bond acceptors (Lipinski definition) is 1.